The van der Waals surface area contributed by atoms with Crippen LogP contribution in [0.4, 0.5) is 11.4 Å². The fourth-order valence-corrected chi connectivity index (χ4v) is 3.95. The monoisotopic (exact) mass is 337 g/mol. The molecule has 1 aromatic carbocycles. The normalized spacial score (nSPS) is 16.2. The maximum absolute atomic E-state index is 10.9. The fraction of sp³-hybridized carbons (Fsp3) is 0.400. The Hall–Kier alpha value is -2.56. The highest BCUT2D eigenvalue weighted by Crippen LogP contribution is 2.45. The number of hydrazone groups is 1. The first-order chi connectivity index (χ1) is 12.1. The van der Waals surface area contributed by atoms with Crippen molar-refractivity contribution < 1.29 is 9.67 Å². The molecule has 1 N–H and O–H groups in total. The van der Waals surface area contributed by atoms with Gasteiger partial charge in [-0.2, -0.15) is 5.10 Å². The van der Waals surface area contributed by atoms with Crippen LogP contribution in [0.1, 0.15) is 29.7 Å². The number of hydrogen-bond donors (Lipinski definition) is 1. The van der Waals surface area contributed by atoms with Gasteiger partial charge in [0.25, 0.3) is 0 Å². The highest BCUT2D eigenvalue weighted by molar-refractivity contribution is 5.79. The van der Waals surface area contributed by atoms with E-state index in [0.717, 1.165) is 49.3 Å². The van der Waals surface area contributed by atoms with E-state index < -0.39 is 0 Å². The summed E-state index contributed by atoms with van der Waals surface area (Å²) in [6, 6.07) is 8.13. The second-order valence-corrected chi connectivity index (χ2v) is 6.93. The minimum Gasteiger partial charge on any atom is -0.505 e. The molecule has 3 heterocycles. The van der Waals surface area contributed by atoms with Gasteiger partial charge in [-0.1, -0.05) is 0 Å². The molecule has 0 atom stereocenters. The van der Waals surface area contributed by atoms with Gasteiger partial charge in [-0.15, -0.1) is 0 Å². The van der Waals surface area contributed by atoms with Crippen molar-refractivity contribution in [1.29, 1.82) is 0 Å². The maximum atomic E-state index is 10.9. The van der Waals surface area contributed by atoms with E-state index in [1.807, 2.05) is 49.3 Å². The standard InChI is InChI=1S/C20H24N4O/c1-22-10-4-3-8-16(22)14-21-23(2)18-13-15-7-5-11-24-12-6-9-17(19(15)24)20(18)25/h3-4,8,10,13-14H,5-7,9,11-12H2,1-2H3/p+1. The first kappa shape index (κ1) is 15.9. The quantitative estimate of drug-likeness (QED) is 0.531. The van der Waals surface area contributed by atoms with Gasteiger partial charge >= 0.3 is 0 Å². The maximum Gasteiger partial charge on any atom is 0.225 e. The Morgan fingerprint density at radius 1 is 1.24 bits per heavy atom. The smallest absolute Gasteiger partial charge is 0.225 e. The largest absolute Gasteiger partial charge is 0.505 e. The Balaban J connectivity index is 1.70. The molecule has 130 valence electrons. The van der Waals surface area contributed by atoms with Crippen LogP contribution in [0.15, 0.2) is 35.6 Å². The Bertz CT molecular complexity index is 829. The molecule has 1 aromatic heterocycles. The van der Waals surface area contributed by atoms with Crippen molar-refractivity contribution in [2.75, 3.05) is 30.0 Å². The zero-order chi connectivity index (χ0) is 17.4. The van der Waals surface area contributed by atoms with Crippen molar-refractivity contribution in [3.8, 4) is 5.75 Å². The summed E-state index contributed by atoms with van der Waals surface area (Å²) in [7, 11) is 3.90. The second-order valence-electron chi connectivity index (χ2n) is 6.93. The van der Waals surface area contributed by atoms with E-state index in [-0.39, 0.29) is 0 Å². The molecule has 0 unspecified atom stereocenters. The number of aromatic nitrogens is 1. The van der Waals surface area contributed by atoms with Gasteiger partial charge in [0, 0.05) is 43.5 Å². The predicted octanol–water partition coefficient (Wildman–Crippen LogP) is 2.39. The fourth-order valence-electron chi connectivity index (χ4n) is 3.95. The first-order valence-electron chi connectivity index (χ1n) is 9.00. The average Bonchev–Trinajstić information content (AvgIpc) is 2.63. The minimum absolute atomic E-state index is 0.391. The molecule has 0 fully saturated rings. The minimum atomic E-state index is 0.391. The topological polar surface area (TPSA) is 43.0 Å². The highest BCUT2D eigenvalue weighted by atomic mass is 16.3. The van der Waals surface area contributed by atoms with Gasteiger partial charge in [0.05, 0.1) is 0 Å². The van der Waals surface area contributed by atoms with Crippen molar-refractivity contribution in [2.45, 2.75) is 25.7 Å². The molecule has 2 aromatic rings. The van der Waals surface area contributed by atoms with Crippen molar-refractivity contribution in [1.82, 2.24) is 0 Å². The number of rotatable bonds is 3. The number of anilines is 2. The summed E-state index contributed by atoms with van der Waals surface area (Å²) in [5.41, 5.74) is 5.55. The van der Waals surface area contributed by atoms with Crippen molar-refractivity contribution in [3.63, 3.8) is 0 Å². The van der Waals surface area contributed by atoms with Gasteiger partial charge in [-0.25, -0.2) is 4.57 Å². The highest BCUT2D eigenvalue weighted by Gasteiger charge is 2.28. The van der Waals surface area contributed by atoms with Gasteiger partial charge in [-0.05, 0) is 43.4 Å². The van der Waals surface area contributed by atoms with E-state index in [4.69, 9.17) is 0 Å². The van der Waals surface area contributed by atoms with Crippen LogP contribution in [0.25, 0.3) is 0 Å². The Labute approximate surface area is 148 Å². The molecule has 0 bridgehead atoms. The SMILES string of the molecule is CN(/N=C/c1cccc[n+]1C)c1cc2c3c(c1O)CCCN3CCC2. The summed E-state index contributed by atoms with van der Waals surface area (Å²) in [6.07, 6.45) is 8.15. The number of phenolic OH excluding ortho intramolecular Hbond substituents is 1. The molecule has 5 nitrogen and oxygen atoms in total. The molecular weight excluding hydrogens is 312 g/mol. The van der Waals surface area contributed by atoms with Crippen LogP contribution in [0.2, 0.25) is 0 Å². The first-order valence-corrected chi connectivity index (χ1v) is 9.00. The van der Waals surface area contributed by atoms with E-state index >= 15 is 0 Å². The van der Waals surface area contributed by atoms with Crippen molar-refractivity contribution in [2.24, 2.45) is 12.1 Å². The number of nitrogens with zero attached hydrogens (tertiary/aromatic N) is 4. The van der Waals surface area contributed by atoms with Crippen molar-refractivity contribution >= 4 is 17.6 Å². The van der Waals surface area contributed by atoms with Gasteiger partial charge in [-0.3, -0.25) is 5.01 Å². The third-order valence-corrected chi connectivity index (χ3v) is 5.28. The molecule has 0 amide bonds. The Kier molecular flexibility index (Phi) is 4.07. The number of phenols is 1. The van der Waals surface area contributed by atoms with E-state index in [1.165, 1.54) is 17.7 Å². The molecule has 5 heteroatoms. The summed E-state index contributed by atoms with van der Waals surface area (Å²) in [5, 5.41) is 17.2. The molecule has 2 aliphatic rings. The van der Waals surface area contributed by atoms with Gasteiger partial charge < -0.3 is 10.0 Å². The zero-order valence-corrected chi connectivity index (χ0v) is 14.9. The molecule has 25 heavy (non-hydrogen) atoms. The zero-order valence-electron chi connectivity index (χ0n) is 14.9. The lowest BCUT2D eigenvalue weighted by Gasteiger charge is -2.38. The summed E-state index contributed by atoms with van der Waals surface area (Å²) in [5.74, 6) is 0.391. The Morgan fingerprint density at radius 2 is 2.04 bits per heavy atom. The second kappa shape index (κ2) is 6.39. The predicted molar refractivity (Wildman–Crippen MR) is 101 cm³/mol. The van der Waals surface area contributed by atoms with Crippen LogP contribution in [-0.4, -0.2) is 31.5 Å². The van der Waals surface area contributed by atoms with Crippen LogP contribution in [0.5, 0.6) is 5.75 Å². The summed E-state index contributed by atoms with van der Waals surface area (Å²) < 4.78 is 2.02. The summed E-state index contributed by atoms with van der Waals surface area (Å²) in [4.78, 5) is 2.44. The van der Waals surface area contributed by atoms with E-state index in [9.17, 15) is 5.11 Å². The van der Waals surface area contributed by atoms with E-state index in [1.54, 1.807) is 5.01 Å². The molecular formula is C20H25N4O+. The third-order valence-electron chi connectivity index (χ3n) is 5.28. The number of aromatic hydroxyl groups is 1. The Morgan fingerprint density at radius 3 is 2.84 bits per heavy atom. The lowest BCUT2D eigenvalue weighted by Crippen LogP contribution is -2.34. The lowest BCUT2D eigenvalue weighted by atomic mass is 9.90. The van der Waals surface area contributed by atoms with Crippen LogP contribution in [0.3, 0.4) is 0 Å². The summed E-state index contributed by atoms with van der Waals surface area (Å²) >= 11 is 0. The number of aryl methyl sites for hydroxylation is 2. The number of hydrogen-bond acceptors (Lipinski definition) is 4. The van der Waals surface area contributed by atoms with E-state index in [2.05, 4.69) is 16.1 Å². The van der Waals surface area contributed by atoms with Crippen molar-refractivity contribution in [3.05, 3.63) is 47.3 Å². The lowest BCUT2D eigenvalue weighted by molar-refractivity contribution is -0.672. The molecule has 4 rings (SSSR count). The molecule has 0 saturated heterocycles. The molecule has 0 aliphatic carbocycles. The van der Waals surface area contributed by atoms with Crippen LogP contribution < -0.4 is 14.5 Å². The van der Waals surface area contributed by atoms with Crippen LogP contribution in [0, 0.1) is 0 Å². The number of pyridine rings is 1. The molecule has 0 saturated carbocycles. The van der Waals surface area contributed by atoms with Crippen LogP contribution in [-0.2, 0) is 19.9 Å². The third kappa shape index (κ3) is 2.84. The van der Waals surface area contributed by atoms with Gasteiger partial charge in [0.2, 0.25) is 5.69 Å². The molecule has 2 aliphatic heterocycles. The molecule has 0 spiro atoms. The number of benzene rings is 1. The average molecular weight is 337 g/mol. The van der Waals surface area contributed by atoms with Crippen LogP contribution >= 0.6 is 0 Å². The van der Waals surface area contributed by atoms with Gasteiger partial charge in [0.15, 0.2) is 6.20 Å². The summed E-state index contributed by atoms with van der Waals surface area (Å²) in [6.45, 7) is 2.22. The van der Waals surface area contributed by atoms with E-state index in [0.29, 0.717) is 5.75 Å². The van der Waals surface area contributed by atoms with Gasteiger partial charge in [0.1, 0.15) is 24.7 Å². The molecule has 0 radical (unpaired) electrons.